The van der Waals surface area contributed by atoms with Crippen LogP contribution in [0.15, 0.2) is 11.6 Å². The molecule has 0 saturated heterocycles. The zero-order valence-electron chi connectivity index (χ0n) is 4.65. The molecule has 0 aromatic carbocycles. The summed E-state index contributed by atoms with van der Waals surface area (Å²) >= 11 is 0. The summed E-state index contributed by atoms with van der Waals surface area (Å²) in [5.74, 6) is 0. The third-order valence-corrected chi connectivity index (χ3v) is 1.25. The average Bonchev–Trinajstić information content (AvgIpc) is 2.22. The Labute approximate surface area is 44.2 Å². The zero-order valence-corrected chi connectivity index (χ0v) is 4.65. The second kappa shape index (κ2) is 1.66. The van der Waals surface area contributed by atoms with Gasteiger partial charge in [0, 0.05) is 6.04 Å². The van der Waals surface area contributed by atoms with Gasteiger partial charge in [0.15, 0.2) is 0 Å². The van der Waals surface area contributed by atoms with Crippen LogP contribution in [0.3, 0.4) is 0 Å². The van der Waals surface area contributed by atoms with Crippen molar-refractivity contribution in [3.8, 4) is 0 Å². The fourth-order valence-corrected chi connectivity index (χ4v) is 0.721. The monoisotopic (exact) mass is 97.1 g/mol. The van der Waals surface area contributed by atoms with Crippen LogP contribution in [0.4, 0.5) is 0 Å². The maximum atomic E-state index is 5.46. The molecule has 0 radical (unpaired) electrons. The van der Waals surface area contributed by atoms with Gasteiger partial charge in [0.1, 0.15) is 0 Å². The number of hydrogen-bond donors (Lipinski definition) is 1. The predicted molar refractivity (Wildman–Crippen MR) is 31.0 cm³/mol. The van der Waals surface area contributed by atoms with E-state index in [0.29, 0.717) is 6.04 Å². The van der Waals surface area contributed by atoms with E-state index in [2.05, 4.69) is 13.0 Å². The van der Waals surface area contributed by atoms with Crippen molar-refractivity contribution < 1.29 is 0 Å². The molecule has 0 heterocycles. The Morgan fingerprint density at radius 3 is 2.57 bits per heavy atom. The lowest BCUT2D eigenvalue weighted by molar-refractivity contribution is 0.896. The maximum absolute atomic E-state index is 5.46. The summed E-state index contributed by atoms with van der Waals surface area (Å²) in [4.78, 5) is 0. The van der Waals surface area contributed by atoms with Crippen LogP contribution in [0.25, 0.3) is 0 Å². The van der Waals surface area contributed by atoms with E-state index in [1.54, 1.807) is 0 Å². The standard InChI is InChI=1S/C6H11N/c1-2-3-5-4-6(5)7/h4,6H,2-3,7H2,1H3. The van der Waals surface area contributed by atoms with Crippen LogP contribution in [-0.2, 0) is 0 Å². The van der Waals surface area contributed by atoms with Gasteiger partial charge in [-0.15, -0.1) is 0 Å². The third kappa shape index (κ3) is 1.03. The largest absolute Gasteiger partial charge is 0.321 e. The van der Waals surface area contributed by atoms with Crippen molar-refractivity contribution in [2.75, 3.05) is 0 Å². The molecule has 0 fully saturated rings. The summed E-state index contributed by atoms with van der Waals surface area (Å²) < 4.78 is 0. The molecule has 2 N–H and O–H groups in total. The van der Waals surface area contributed by atoms with E-state index < -0.39 is 0 Å². The normalized spacial score (nSPS) is 27.1. The molecule has 1 unspecified atom stereocenters. The number of nitrogens with two attached hydrogens (primary N) is 1. The molecule has 0 aliphatic heterocycles. The average molecular weight is 97.2 g/mol. The summed E-state index contributed by atoms with van der Waals surface area (Å²) in [5, 5.41) is 0. The van der Waals surface area contributed by atoms with Crippen molar-refractivity contribution in [3.63, 3.8) is 0 Å². The molecule has 0 spiro atoms. The summed E-state index contributed by atoms with van der Waals surface area (Å²) in [6, 6.07) is 0.361. The highest BCUT2D eigenvalue weighted by Gasteiger charge is 2.16. The first-order valence-electron chi connectivity index (χ1n) is 2.80. The fraction of sp³-hybridized carbons (Fsp3) is 0.667. The molecule has 0 aromatic heterocycles. The third-order valence-electron chi connectivity index (χ3n) is 1.25. The molecule has 1 nitrogen and oxygen atoms in total. The molecular weight excluding hydrogens is 86.1 g/mol. The van der Waals surface area contributed by atoms with Gasteiger partial charge in [0.25, 0.3) is 0 Å². The summed E-state index contributed by atoms with van der Waals surface area (Å²) in [7, 11) is 0. The topological polar surface area (TPSA) is 26.0 Å². The van der Waals surface area contributed by atoms with Crippen molar-refractivity contribution in [1.29, 1.82) is 0 Å². The van der Waals surface area contributed by atoms with Crippen LogP contribution < -0.4 is 5.73 Å². The SMILES string of the molecule is CCCC1=CC1N. The van der Waals surface area contributed by atoms with Crippen molar-refractivity contribution in [3.05, 3.63) is 11.6 Å². The molecule has 40 valence electrons. The highest BCUT2D eigenvalue weighted by atomic mass is 14.7. The van der Waals surface area contributed by atoms with Gasteiger partial charge in [-0.1, -0.05) is 25.0 Å². The Hall–Kier alpha value is -0.300. The van der Waals surface area contributed by atoms with Gasteiger partial charge in [0.05, 0.1) is 0 Å². The van der Waals surface area contributed by atoms with Gasteiger partial charge in [-0.2, -0.15) is 0 Å². The lowest BCUT2D eigenvalue weighted by Gasteiger charge is -1.85. The highest BCUT2D eigenvalue weighted by Crippen LogP contribution is 2.21. The smallest absolute Gasteiger partial charge is 0.0444 e. The van der Waals surface area contributed by atoms with Gasteiger partial charge in [0.2, 0.25) is 0 Å². The zero-order chi connectivity index (χ0) is 5.28. The first-order chi connectivity index (χ1) is 3.34. The quantitative estimate of drug-likeness (QED) is 0.512. The summed E-state index contributed by atoms with van der Waals surface area (Å²) in [5.41, 5.74) is 6.91. The van der Waals surface area contributed by atoms with E-state index in [1.807, 2.05) is 0 Å². The summed E-state index contributed by atoms with van der Waals surface area (Å²) in [6.45, 7) is 2.17. The van der Waals surface area contributed by atoms with Gasteiger partial charge in [-0.25, -0.2) is 0 Å². The highest BCUT2D eigenvalue weighted by molar-refractivity contribution is 5.33. The Kier molecular flexibility index (Phi) is 1.15. The summed E-state index contributed by atoms with van der Waals surface area (Å²) in [6.07, 6.45) is 4.56. The first kappa shape index (κ1) is 4.85. The molecule has 0 bridgehead atoms. The van der Waals surface area contributed by atoms with Crippen LogP contribution in [-0.4, -0.2) is 6.04 Å². The maximum Gasteiger partial charge on any atom is 0.0444 e. The fourth-order valence-electron chi connectivity index (χ4n) is 0.721. The van der Waals surface area contributed by atoms with Gasteiger partial charge in [-0.05, 0) is 6.42 Å². The predicted octanol–water partition coefficient (Wildman–Crippen LogP) is 1.05. The number of rotatable bonds is 2. The molecule has 7 heavy (non-hydrogen) atoms. The molecule has 0 saturated carbocycles. The Morgan fingerprint density at radius 2 is 2.43 bits per heavy atom. The Morgan fingerprint density at radius 1 is 1.86 bits per heavy atom. The van der Waals surface area contributed by atoms with E-state index in [1.165, 1.54) is 18.4 Å². The van der Waals surface area contributed by atoms with Gasteiger partial charge in [-0.3, -0.25) is 0 Å². The molecule has 1 heteroatoms. The van der Waals surface area contributed by atoms with Crippen LogP contribution in [0, 0.1) is 0 Å². The number of hydrogen-bond acceptors (Lipinski definition) is 1. The molecule has 0 amide bonds. The molecular formula is C6H11N. The minimum atomic E-state index is 0.361. The van der Waals surface area contributed by atoms with Crippen LogP contribution in [0.1, 0.15) is 19.8 Å². The van der Waals surface area contributed by atoms with Crippen LogP contribution in [0.5, 0.6) is 0 Å². The second-order valence-corrected chi connectivity index (χ2v) is 2.02. The lowest BCUT2D eigenvalue weighted by atomic mass is 10.3. The minimum Gasteiger partial charge on any atom is -0.321 e. The molecule has 1 aliphatic rings. The lowest BCUT2D eigenvalue weighted by Crippen LogP contribution is -2.02. The van der Waals surface area contributed by atoms with Gasteiger partial charge < -0.3 is 5.73 Å². The van der Waals surface area contributed by atoms with Gasteiger partial charge >= 0.3 is 0 Å². The van der Waals surface area contributed by atoms with E-state index in [0.717, 1.165) is 0 Å². The molecule has 1 rings (SSSR count). The Bertz CT molecular complexity index is 94.4. The molecule has 1 atom stereocenters. The Balaban J connectivity index is 2.09. The van der Waals surface area contributed by atoms with E-state index in [9.17, 15) is 0 Å². The second-order valence-electron chi connectivity index (χ2n) is 2.02. The van der Waals surface area contributed by atoms with Crippen molar-refractivity contribution in [2.24, 2.45) is 5.73 Å². The molecule has 0 aromatic rings. The van der Waals surface area contributed by atoms with E-state index in [-0.39, 0.29) is 0 Å². The molecule has 1 aliphatic carbocycles. The van der Waals surface area contributed by atoms with E-state index >= 15 is 0 Å². The van der Waals surface area contributed by atoms with Crippen molar-refractivity contribution >= 4 is 0 Å². The minimum absolute atomic E-state index is 0.361. The van der Waals surface area contributed by atoms with Crippen LogP contribution >= 0.6 is 0 Å². The van der Waals surface area contributed by atoms with E-state index in [4.69, 9.17) is 5.73 Å². The van der Waals surface area contributed by atoms with Crippen LogP contribution in [0.2, 0.25) is 0 Å². The van der Waals surface area contributed by atoms with Crippen molar-refractivity contribution in [2.45, 2.75) is 25.8 Å². The first-order valence-corrected chi connectivity index (χ1v) is 2.80. The van der Waals surface area contributed by atoms with Crippen molar-refractivity contribution in [1.82, 2.24) is 0 Å².